The third-order valence-corrected chi connectivity index (χ3v) is 3.32. The Balaban J connectivity index is 2.81. The molecule has 0 spiro atoms. The predicted octanol–water partition coefficient (Wildman–Crippen LogP) is 5.22. The number of phenolic OH excluding ortho intramolecular Hbond substituents is 1. The summed E-state index contributed by atoms with van der Waals surface area (Å²) in [5, 5.41) is 10.2. The fourth-order valence-corrected chi connectivity index (χ4v) is 2.46. The molecule has 0 aliphatic carbocycles. The van der Waals surface area contributed by atoms with E-state index in [9.17, 15) is 5.11 Å². The number of benzene rings is 2. The van der Waals surface area contributed by atoms with Gasteiger partial charge in [-0.1, -0.05) is 62.4 Å². The van der Waals surface area contributed by atoms with Gasteiger partial charge in [0.2, 0.25) is 0 Å². The van der Waals surface area contributed by atoms with Crippen molar-refractivity contribution in [2.75, 3.05) is 0 Å². The second kappa shape index (κ2) is 5.31. The van der Waals surface area contributed by atoms with E-state index >= 15 is 0 Å². The van der Waals surface area contributed by atoms with Gasteiger partial charge in [-0.3, -0.25) is 0 Å². The molecule has 1 N–H and O–H groups in total. The van der Waals surface area contributed by atoms with Gasteiger partial charge in [-0.25, -0.2) is 0 Å². The molecule has 0 heterocycles. The molecule has 0 bridgehead atoms. The lowest BCUT2D eigenvalue weighted by atomic mass is 9.86. The Morgan fingerprint density at radius 2 is 1.68 bits per heavy atom. The molecule has 0 saturated carbocycles. The first-order chi connectivity index (χ1) is 9.02. The van der Waals surface area contributed by atoms with Crippen molar-refractivity contribution in [1.82, 2.24) is 0 Å². The molecule has 0 aliphatic rings. The highest BCUT2D eigenvalue weighted by atomic mass is 16.3. The number of hydrogen-bond acceptors (Lipinski definition) is 1. The Hall–Kier alpha value is -2.02. The molecule has 0 fully saturated rings. The topological polar surface area (TPSA) is 20.2 Å². The first kappa shape index (κ1) is 13.4. The quantitative estimate of drug-likeness (QED) is 0.794. The average Bonchev–Trinajstić information content (AvgIpc) is 2.38. The van der Waals surface area contributed by atoms with E-state index in [1.165, 1.54) is 0 Å². The van der Waals surface area contributed by atoms with Crippen molar-refractivity contribution in [2.45, 2.75) is 26.7 Å². The third kappa shape index (κ3) is 2.55. The van der Waals surface area contributed by atoms with E-state index in [-0.39, 0.29) is 5.92 Å². The van der Waals surface area contributed by atoms with Gasteiger partial charge < -0.3 is 5.11 Å². The van der Waals surface area contributed by atoms with Gasteiger partial charge in [0.15, 0.2) is 0 Å². The molecular weight excluding hydrogens is 232 g/mol. The molecule has 98 valence electrons. The maximum absolute atomic E-state index is 10.2. The van der Waals surface area contributed by atoms with Crippen LogP contribution in [0.4, 0.5) is 0 Å². The maximum atomic E-state index is 10.2. The van der Waals surface area contributed by atoms with Crippen molar-refractivity contribution in [3.05, 3.63) is 60.2 Å². The molecule has 0 amide bonds. The molecule has 2 aromatic rings. The molecule has 2 aromatic carbocycles. The molecule has 0 aliphatic heterocycles. The lowest BCUT2D eigenvalue weighted by Gasteiger charge is -2.19. The van der Waals surface area contributed by atoms with E-state index in [1.54, 1.807) is 6.07 Å². The highest BCUT2D eigenvalue weighted by molar-refractivity contribution is 5.84. The maximum Gasteiger partial charge on any atom is 0.119 e. The number of allylic oxidation sites excluding steroid dienone is 1. The number of phenols is 1. The van der Waals surface area contributed by atoms with Crippen molar-refractivity contribution in [3.63, 3.8) is 0 Å². The molecular formula is C18H20O. The van der Waals surface area contributed by atoms with Gasteiger partial charge in [0.05, 0.1) is 0 Å². The number of aromatic hydroxyl groups is 1. The second-order valence-electron chi connectivity index (χ2n) is 5.22. The summed E-state index contributed by atoms with van der Waals surface area (Å²) >= 11 is 0. The third-order valence-electron chi connectivity index (χ3n) is 3.32. The van der Waals surface area contributed by atoms with Crippen LogP contribution in [0.3, 0.4) is 0 Å². The first-order valence-corrected chi connectivity index (χ1v) is 6.59. The van der Waals surface area contributed by atoms with E-state index in [2.05, 4.69) is 32.6 Å². The van der Waals surface area contributed by atoms with Gasteiger partial charge in [-0.2, -0.15) is 0 Å². The van der Waals surface area contributed by atoms with Crippen LogP contribution in [0.2, 0.25) is 0 Å². The molecule has 2 rings (SSSR count). The summed E-state index contributed by atoms with van der Waals surface area (Å²) in [5.74, 6) is 0.619. The van der Waals surface area contributed by atoms with Crippen molar-refractivity contribution in [1.29, 1.82) is 0 Å². The highest BCUT2D eigenvalue weighted by Gasteiger charge is 2.17. The van der Waals surface area contributed by atoms with Crippen LogP contribution in [0, 0.1) is 0 Å². The van der Waals surface area contributed by atoms with E-state index in [1.807, 2.05) is 31.2 Å². The Kier molecular flexibility index (Phi) is 3.75. The van der Waals surface area contributed by atoms with Gasteiger partial charge in [0.25, 0.3) is 0 Å². The minimum absolute atomic E-state index is 0.259. The van der Waals surface area contributed by atoms with Crippen LogP contribution in [0.1, 0.15) is 37.8 Å². The Morgan fingerprint density at radius 3 is 2.21 bits per heavy atom. The molecule has 0 radical (unpaired) electrons. The molecule has 0 saturated heterocycles. The summed E-state index contributed by atoms with van der Waals surface area (Å²) in [6.07, 6.45) is 0. The number of hydrogen-bond donors (Lipinski definition) is 1. The average molecular weight is 252 g/mol. The summed E-state index contributed by atoms with van der Waals surface area (Å²) in [4.78, 5) is 0. The van der Waals surface area contributed by atoms with Crippen LogP contribution in [0.15, 0.2) is 49.0 Å². The number of rotatable bonds is 3. The Morgan fingerprint density at radius 1 is 1.05 bits per heavy atom. The van der Waals surface area contributed by atoms with E-state index in [0.717, 1.165) is 27.8 Å². The second-order valence-corrected chi connectivity index (χ2v) is 5.22. The van der Waals surface area contributed by atoms with Crippen LogP contribution >= 0.6 is 0 Å². The minimum Gasteiger partial charge on any atom is -0.508 e. The highest BCUT2D eigenvalue weighted by Crippen LogP contribution is 2.40. The standard InChI is InChI=1S/C18H20O/c1-12(2)15-10-11-16(19)17(13(3)4)18(15)14-8-6-5-7-9-14/h5-11,13,19H,1H2,2-4H3. The van der Waals surface area contributed by atoms with Crippen LogP contribution in [0.25, 0.3) is 16.7 Å². The summed E-state index contributed by atoms with van der Waals surface area (Å²) < 4.78 is 0. The van der Waals surface area contributed by atoms with Crippen LogP contribution in [-0.4, -0.2) is 5.11 Å². The molecule has 0 aromatic heterocycles. The monoisotopic (exact) mass is 252 g/mol. The lowest BCUT2D eigenvalue weighted by molar-refractivity contribution is 0.465. The van der Waals surface area contributed by atoms with Gasteiger partial charge in [-0.15, -0.1) is 0 Å². The summed E-state index contributed by atoms with van der Waals surface area (Å²) in [6, 6.07) is 13.9. The van der Waals surface area contributed by atoms with Gasteiger partial charge in [-0.05, 0) is 35.6 Å². The van der Waals surface area contributed by atoms with Gasteiger partial charge in [0, 0.05) is 5.56 Å². The zero-order valence-electron chi connectivity index (χ0n) is 11.8. The predicted molar refractivity (Wildman–Crippen MR) is 82.3 cm³/mol. The van der Waals surface area contributed by atoms with Gasteiger partial charge in [0.1, 0.15) is 5.75 Å². The molecule has 1 heteroatoms. The van der Waals surface area contributed by atoms with E-state index in [4.69, 9.17) is 0 Å². The van der Waals surface area contributed by atoms with E-state index < -0.39 is 0 Å². The zero-order valence-corrected chi connectivity index (χ0v) is 11.8. The van der Waals surface area contributed by atoms with Crippen LogP contribution in [0.5, 0.6) is 5.75 Å². The summed E-state index contributed by atoms with van der Waals surface area (Å²) in [5.41, 5.74) is 5.34. The minimum atomic E-state index is 0.259. The van der Waals surface area contributed by atoms with Crippen LogP contribution < -0.4 is 0 Å². The Labute approximate surface area is 115 Å². The molecule has 19 heavy (non-hydrogen) atoms. The van der Waals surface area contributed by atoms with Crippen LogP contribution in [-0.2, 0) is 0 Å². The Bertz CT molecular complexity index is 595. The molecule has 1 nitrogen and oxygen atoms in total. The molecule has 0 unspecified atom stereocenters. The molecule has 0 atom stereocenters. The summed E-state index contributed by atoms with van der Waals surface area (Å²) in [6.45, 7) is 10.3. The van der Waals surface area contributed by atoms with E-state index in [0.29, 0.717) is 5.75 Å². The fraction of sp³-hybridized carbons (Fsp3) is 0.222. The van der Waals surface area contributed by atoms with Crippen molar-refractivity contribution in [3.8, 4) is 16.9 Å². The normalized spacial score (nSPS) is 10.7. The summed E-state index contributed by atoms with van der Waals surface area (Å²) in [7, 11) is 0. The fourth-order valence-electron chi connectivity index (χ4n) is 2.46. The van der Waals surface area contributed by atoms with Gasteiger partial charge >= 0.3 is 0 Å². The van der Waals surface area contributed by atoms with Crippen molar-refractivity contribution >= 4 is 5.57 Å². The lowest BCUT2D eigenvalue weighted by Crippen LogP contribution is -1.97. The largest absolute Gasteiger partial charge is 0.508 e. The first-order valence-electron chi connectivity index (χ1n) is 6.59. The van der Waals surface area contributed by atoms with Crippen molar-refractivity contribution in [2.24, 2.45) is 0 Å². The zero-order chi connectivity index (χ0) is 14.0. The SMILES string of the molecule is C=C(C)c1ccc(O)c(C(C)C)c1-c1ccccc1. The van der Waals surface area contributed by atoms with Crippen molar-refractivity contribution < 1.29 is 5.11 Å². The smallest absolute Gasteiger partial charge is 0.119 e.